The second kappa shape index (κ2) is 7.25. The van der Waals surface area contributed by atoms with Gasteiger partial charge in [-0.15, -0.1) is 0 Å². The Morgan fingerprint density at radius 1 is 1.30 bits per heavy atom. The third-order valence-corrected chi connectivity index (χ3v) is 4.99. The summed E-state index contributed by atoms with van der Waals surface area (Å²) in [6, 6.07) is 0. The summed E-state index contributed by atoms with van der Waals surface area (Å²) in [5.41, 5.74) is 0.819. The Bertz CT molecular complexity index is 522. The molecule has 1 saturated carbocycles. The van der Waals surface area contributed by atoms with Crippen LogP contribution in [-0.4, -0.2) is 51.6 Å². The number of hydrogen-bond acceptors (Lipinski definition) is 5. The van der Waals surface area contributed by atoms with Gasteiger partial charge in [0.25, 0.3) is 0 Å². The van der Waals surface area contributed by atoms with Gasteiger partial charge in [0.1, 0.15) is 0 Å². The number of β-amino-alcohol motifs (C(OH)–C–C–N with tert-alkyl or cyclic N) is 1. The van der Waals surface area contributed by atoms with Crippen molar-refractivity contribution in [2.45, 2.75) is 51.0 Å². The standard InChI is InChI=1S/C17H26N4O2/c1-12(16(23)21-10-15(22)11-21)14-8-19-17(20-9-14)18-7-13-5-3-2-4-6-13/h8-9,12-13,15,22H,2-7,10-11H2,1H3,(H,18,19,20)/t12-/m0/s1. The van der Waals surface area contributed by atoms with Crippen LogP contribution in [0.4, 0.5) is 5.95 Å². The number of nitrogens with zero attached hydrogens (tertiary/aromatic N) is 3. The van der Waals surface area contributed by atoms with Gasteiger partial charge in [-0.3, -0.25) is 4.79 Å². The largest absolute Gasteiger partial charge is 0.389 e. The van der Waals surface area contributed by atoms with Gasteiger partial charge in [0.05, 0.1) is 12.0 Å². The van der Waals surface area contributed by atoms with Gasteiger partial charge in [-0.05, 0) is 25.7 Å². The summed E-state index contributed by atoms with van der Waals surface area (Å²) < 4.78 is 0. The van der Waals surface area contributed by atoms with Crippen molar-refractivity contribution < 1.29 is 9.90 Å². The van der Waals surface area contributed by atoms with E-state index in [1.807, 2.05) is 6.92 Å². The highest BCUT2D eigenvalue weighted by Crippen LogP contribution is 2.24. The maximum Gasteiger partial charge on any atom is 0.230 e. The number of carbonyl (C=O) groups is 1. The fourth-order valence-electron chi connectivity index (χ4n) is 3.33. The zero-order valence-electron chi connectivity index (χ0n) is 13.7. The summed E-state index contributed by atoms with van der Waals surface area (Å²) in [5.74, 6) is 1.13. The molecule has 2 N–H and O–H groups in total. The smallest absolute Gasteiger partial charge is 0.230 e. The fourth-order valence-corrected chi connectivity index (χ4v) is 3.33. The van der Waals surface area contributed by atoms with Crippen molar-refractivity contribution in [3.63, 3.8) is 0 Å². The Morgan fingerprint density at radius 3 is 2.57 bits per heavy atom. The van der Waals surface area contributed by atoms with E-state index in [0.717, 1.165) is 18.0 Å². The topological polar surface area (TPSA) is 78.4 Å². The Morgan fingerprint density at radius 2 is 1.96 bits per heavy atom. The highest BCUT2D eigenvalue weighted by molar-refractivity contribution is 5.83. The Kier molecular flexibility index (Phi) is 5.10. The molecule has 126 valence electrons. The predicted molar refractivity (Wildman–Crippen MR) is 88.1 cm³/mol. The van der Waals surface area contributed by atoms with Crippen LogP contribution in [0.2, 0.25) is 0 Å². The van der Waals surface area contributed by atoms with Crippen LogP contribution in [-0.2, 0) is 4.79 Å². The van der Waals surface area contributed by atoms with Crippen molar-refractivity contribution in [2.24, 2.45) is 5.92 Å². The van der Waals surface area contributed by atoms with E-state index in [-0.39, 0.29) is 17.9 Å². The second-order valence-electron chi connectivity index (χ2n) is 6.84. The van der Waals surface area contributed by atoms with Crippen LogP contribution < -0.4 is 5.32 Å². The van der Waals surface area contributed by atoms with E-state index in [4.69, 9.17) is 0 Å². The molecule has 1 atom stereocenters. The molecule has 1 amide bonds. The lowest BCUT2D eigenvalue weighted by atomic mass is 9.89. The number of anilines is 1. The molecule has 0 unspecified atom stereocenters. The average molecular weight is 318 g/mol. The number of amides is 1. The number of aromatic nitrogens is 2. The summed E-state index contributed by atoms with van der Waals surface area (Å²) in [6.07, 6.45) is 9.70. The lowest BCUT2D eigenvalue weighted by Gasteiger charge is -2.37. The van der Waals surface area contributed by atoms with Crippen LogP contribution in [0.5, 0.6) is 0 Å². The number of likely N-dealkylation sites (tertiary alicyclic amines) is 1. The molecule has 2 fully saturated rings. The summed E-state index contributed by atoms with van der Waals surface area (Å²) in [6.45, 7) is 3.66. The molecule has 1 aromatic rings. The first-order valence-electron chi connectivity index (χ1n) is 8.66. The van der Waals surface area contributed by atoms with E-state index in [2.05, 4.69) is 15.3 Å². The predicted octanol–water partition coefficient (Wildman–Crippen LogP) is 1.78. The fraction of sp³-hybridized carbons (Fsp3) is 0.706. The molecule has 23 heavy (non-hydrogen) atoms. The van der Waals surface area contributed by atoms with Crippen molar-refractivity contribution in [1.29, 1.82) is 0 Å². The van der Waals surface area contributed by atoms with Crippen molar-refractivity contribution >= 4 is 11.9 Å². The van der Waals surface area contributed by atoms with Crippen molar-refractivity contribution in [3.05, 3.63) is 18.0 Å². The van der Waals surface area contributed by atoms with E-state index in [1.54, 1.807) is 17.3 Å². The molecule has 0 radical (unpaired) electrons. The first kappa shape index (κ1) is 16.2. The van der Waals surface area contributed by atoms with E-state index in [9.17, 15) is 9.90 Å². The lowest BCUT2D eigenvalue weighted by molar-refractivity contribution is -0.142. The van der Waals surface area contributed by atoms with Crippen LogP contribution in [0.25, 0.3) is 0 Å². The van der Waals surface area contributed by atoms with Crippen LogP contribution in [0.3, 0.4) is 0 Å². The molecule has 2 heterocycles. The van der Waals surface area contributed by atoms with E-state index in [0.29, 0.717) is 19.0 Å². The monoisotopic (exact) mass is 318 g/mol. The normalized spacial score (nSPS) is 20.9. The van der Waals surface area contributed by atoms with E-state index >= 15 is 0 Å². The Balaban J connectivity index is 1.50. The SMILES string of the molecule is C[C@H](C(=O)N1CC(O)C1)c1cnc(NCC2CCCCC2)nc1. The number of aliphatic hydroxyl groups excluding tert-OH is 1. The van der Waals surface area contributed by atoms with Crippen molar-refractivity contribution in [1.82, 2.24) is 14.9 Å². The minimum Gasteiger partial charge on any atom is -0.389 e. The zero-order valence-corrected chi connectivity index (χ0v) is 13.7. The minimum absolute atomic E-state index is 0.0295. The highest BCUT2D eigenvalue weighted by atomic mass is 16.3. The molecule has 1 aliphatic heterocycles. The third-order valence-electron chi connectivity index (χ3n) is 4.99. The van der Waals surface area contributed by atoms with Crippen molar-refractivity contribution in [2.75, 3.05) is 25.0 Å². The average Bonchev–Trinajstić information content (AvgIpc) is 2.57. The number of nitrogens with one attached hydrogen (secondary N) is 1. The van der Waals surface area contributed by atoms with E-state index < -0.39 is 0 Å². The molecule has 0 bridgehead atoms. The molecular formula is C17H26N4O2. The van der Waals surface area contributed by atoms with Crippen LogP contribution in [0, 0.1) is 5.92 Å². The Labute approximate surface area is 137 Å². The third kappa shape index (κ3) is 3.99. The molecule has 2 aliphatic rings. The second-order valence-corrected chi connectivity index (χ2v) is 6.84. The number of aliphatic hydroxyl groups is 1. The van der Waals surface area contributed by atoms with Gasteiger partial charge in [-0.1, -0.05) is 19.3 Å². The maximum atomic E-state index is 12.2. The molecule has 0 spiro atoms. The van der Waals surface area contributed by atoms with Crippen LogP contribution in [0.15, 0.2) is 12.4 Å². The highest BCUT2D eigenvalue weighted by Gasteiger charge is 2.32. The first-order chi connectivity index (χ1) is 11.1. The van der Waals surface area contributed by atoms with Gasteiger partial charge in [0.2, 0.25) is 11.9 Å². The quantitative estimate of drug-likeness (QED) is 0.865. The molecule has 6 nitrogen and oxygen atoms in total. The Hall–Kier alpha value is -1.69. The van der Waals surface area contributed by atoms with Gasteiger partial charge in [-0.2, -0.15) is 0 Å². The molecule has 1 aliphatic carbocycles. The molecule has 0 aromatic carbocycles. The zero-order chi connectivity index (χ0) is 16.2. The summed E-state index contributed by atoms with van der Waals surface area (Å²) >= 11 is 0. The molecule has 1 saturated heterocycles. The molecule has 6 heteroatoms. The number of rotatable bonds is 5. The van der Waals surface area contributed by atoms with Crippen LogP contribution in [0.1, 0.15) is 50.5 Å². The molecule has 3 rings (SSSR count). The van der Waals surface area contributed by atoms with Gasteiger partial charge >= 0.3 is 0 Å². The number of hydrogen-bond donors (Lipinski definition) is 2. The number of carbonyl (C=O) groups excluding carboxylic acids is 1. The van der Waals surface area contributed by atoms with Gasteiger partial charge in [0, 0.05) is 37.6 Å². The first-order valence-corrected chi connectivity index (χ1v) is 8.66. The van der Waals surface area contributed by atoms with Gasteiger partial charge in [0.15, 0.2) is 0 Å². The summed E-state index contributed by atoms with van der Waals surface area (Å²) in [5, 5.41) is 12.6. The molecular weight excluding hydrogens is 292 g/mol. The van der Waals surface area contributed by atoms with E-state index in [1.165, 1.54) is 32.1 Å². The van der Waals surface area contributed by atoms with Crippen LogP contribution >= 0.6 is 0 Å². The van der Waals surface area contributed by atoms with Gasteiger partial charge < -0.3 is 15.3 Å². The summed E-state index contributed by atoms with van der Waals surface area (Å²) in [4.78, 5) is 22.6. The minimum atomic E-state index is -0.367. The van der Waals surface area contributed by atoms with Gasteiger partial charge in [-0.25, -0.2) is 9.97 Å². The summed E-state index contributed by atoms with van der Waals surface area (Å²) in [7, 11) is 0. The lowest BCUT2D eigenvalue weighted by Crippen LogP contribution is -2.54. The maximum absolute atomic E-state index is 12.2. The van der Waals surface area contributed by atoms with Crippen molar-refractivity contribution in [3.8, 4) is 0 Å². The molecule has 1 aromatic heterocycles.